The normalized spacial score (nSPS) is 13.5. The Morgan fingerprint density at radius 3 is 2.40 bits per heavy atom. The Labute approximate surface area is 203 Å². The molecule has 13 heteroatoms. The molecule has 7 nitrogen and oxygen atoms in total. The van der Waals surface area contributed by atoms with Crippen molar-refractivity contribution in [2.75, 3.05) is 6.61 Å². The first-order chi connectivity index (χ1) is 16.4. The van der Waals surface area contributed by atoms with Gasteiger partial charge in [-0.1, -0.05) is 12.1 Å². The number of halogens is 6. The summed E-state index contributed by atoms with van der Waals surface area (Å²) in [6.45, 7) is -0.156. The van der Waals surface area contributed by atoms with Gasteiger partial charge in [0.1, 0.15) is 17.1 Å². The molecule has 3 aromatic rings. The maximum atomic E-state index is 14.1. The number of nitrogens with two attached hydrogens (primary N) is 1. The van der Waals surface area contributed by atoms with Crippen LogP contribution in [0.2, 0.25) is 0 Å². The van der Waals surface area contributed by atoms with Crippen molar-refractivity contribution in [3.63, 3.8) is 0 Å². The van der Waals surface area contributed by atoms with Crippen molar-refractivity contribution in [1.29, 1.82) is 0 Å². The molecule has 0 saturated heterocycles. The van der Waals surface area contributed by atoms with Crippen molar-refractivity contribution in [3.05, 3.63) is 69.7 Å². The van der Waals surface area contributed by atoms with Crippen LogP contribution in [-0.4, -0.2) is 33.8 Å². The summed E-state index contributed by atoms with van der Waals surface area (Å²) in [4.78, 5) is 15.2. The Morgan fingerprint density at radius 2 is 1.80 bits per heavy atom. The van der Waals surface area contributed by atoms with Crippen LogP contribution in [0, 0.1) is 11.6 Å². The van der Waals surface area contributed by atoms with E-state index in [0.717, 1.165) is 24.3 Å². The Morgan fingerprint density at radius 1 is 1.14 bits per heavy atom. The van der Waals surface area contributed by atoms with E-state index in [1.165, 1.54) is 12.1 Å². The fraction of sp³-hybridized carbons (Fsp3) is 0.273. The third-order valence-electron chi connectivity index (χ3n) is 4.91. The lowest BCUT2D eigenvalue weighted by Gasteiger charge is -2.15. The zero-order chi connectivity index (χ0) is 25.9. The number of amides is 1. The lowest BCUT2D eigenvalue weighted by Crippen LogP contribution is -2.19. The standard InChI is InChI=1S/C22H18BrF5N2O5/c23-19-17(10-3-5-11(6-4-10)22(26,27)28)30-21(35-19)18(32)13(31)2-1-9-34-14-8-7-12(24)15(16(14)25)20(29)33/h3-8,13,18,31-32H,1-2,9H2,(H2,29,33). The number of benzene rings is 2. The minimum atomic E-state index is -4.50. The summed E-state index contributed by atoms with van der Waals surface area (Å²) in [5.41, 5.74) is 3.57. The third-order valence-corrected chi connectivity index (χ3v) is 5.45. The number of oxazole rings is 1. The summed E-state index contributed by atoms with van der Waals surface area (Å²) in [6, 6.07) is 5.93. The first-order valence-electron chi connectivity index (χ1n) is 10.0. The van der Waals surface area contributed by atoms with Crippen LogP contribution >= 0.6 is 15.9 Å². The molecule has 0 fully saturated rings. The fourth-order valence-corrected chi connectivity index (χ4v) is 3.59. The Balaban J connectivity index is 1.59. The zero-order valence-corrected chi connectivity index (χ0v) is 19.2. The second-order valence-electron chi connectivity index (χ2n) is 7.35. The molecule has 0 aliphatic rings. The van der Waals surface area contributed by atoms with Crippen LogP contribution in [0.4, 0.5) is 22.0 Å². The second kappa shape index (κ2) is 10.7. The van der Waals surface area contributed by atoms with Crippen molar-refractivity contribution in [1.82, 2.24) is 4.98 Å². The van der Waals surface area contributed by atoms with Gasteiger partial charge in [0.2, 0.25) is 5.89 Å². The summed E-state index contributed by atoms with van der Waals surface area (Å²) in [7, 11) is 0. The van der Waals surface area contributed by atoms with Crippen LogP contribution in [0.1, 0.15) is 40.8 Å². The SMILES string of the molecule is NC(=O)c1c(F)ccc(OCCCC(O)C(O)c2nc(-c3ccc(C(F)(F)F)cc3)c(Br)o2)c1F. The number of rotatable bonds is 9. The van der Waals surface area contributed by atoms with Crippen LogP contribution in [0.25, 0.3) is 11.3 Å². The second-order valence-corrected chi connectivity index (χ2v) is 8.07. The number of aromatic nitrogens is 1. The van der Waals surface area contributed by atoms with Crippen LogP contribution < -0.4 is 10.5 Å². The van der Waals surface area contributed by atoms with Gasteiger partial charge >= 0.3 is 6.18 Å². The fourth-order valence-electron chi connectivity index (χ4n) is 3.11. The average molecular weight is 565 g/mol. The molecular weight excluding hydrogens is 547 g/mol. The van der Waals surface area contributed by atoms with Gasteiger partial charge < -0.3 is 25.1 Å². The molecule has 0 aliphatic carbocycles. The van der Waals surface area contributed by atoms with Crippen molar-refractivity contribution in [2.24, 2.45) is 5.73 Å². The summed E-state index contributed by atoms with van der Waals surface area (Å²) < 4.78 is 76.4. The molecule has 0 bridgehead atoms. The van der Waals surface area contributed by atoms with Gasteiger partial charge in [-0.15, -0.1) is 0 Å². The summed E-state index contributed by atoms with van der Waals surface area (Å²) in [5.74, 6) is -4.37. The molecule has 188 valence electrons. The third kappa shape index (κ3) is 6.16. The van der Waals surface area contributed by atoms with E-state index in [2.05, 4.69) is 20.9 Å². The minimum absolute atomic E-state index is 0.0406. The maximum Gasteiger partial charge on any atom is 0.416 e. The van der Waals surface area contributed by atoms with E-state index in [-0.39, 0.29) is 41.3 Å². The highest BCUT2D eigenvalue weighted by atomic mass is 79.9. The Bertz CT molecular complexity index is 1200. The number of alkyl halides is 3. The zero-order valence-electron chi connectivity index (χ0n) is 17.7. The van der Waals surface area contributed by atoms with E-state index in [9.17, 15) is 37.0 Å². The van der Waals surface area contributed by atoms with Gasteiger partial charge in [-0.25, -0.2) is 13.8 Å². The van der Waals surface area contributed by atoms with Gasteiger partial charge in [-0.05, 0) is 53.0 Å². The molecule has 1 amide bonds. The largest absolute Gasteiger partial charge is 0.490 e. The van der Waals surface area contributed by atoms with Gasteiger partial charge in [0.25, 0.3) is 5.91 Å². The lowest BCUT2D eigenvalue weighted by atomic mass is 10.1. The van der Waals surface area contributed by atoms with Crippen LogP contribution in [-0.2, 0) is 6.18 Å². The van der Waals surface area contributed by atoms with E-state index < -0.39 is 52.8 Å². The lowest BCUT2D eigenvalue weighted by molar-refractivity contribution is -0.137. The number of aliphatic hydroxyl groups is 2. The highest BCUT2D eigenvalue weighted by molar-refractivity contribution is 9.10. The van der Waals surface area contributed by atoms with Crippen LogP contribution in [0.5, 0.6) is 5.75 Å². The monoisotopic (exact) mass is 564 g/mol. The highest BCUT2D eigenvalue weighted by Gasteiger charge is 2.31. The van der Waals surface area contributed by atoms with Crippen molar-refractivity contribution >= 4 is 21.8 Å². The highest BCUT2D eigenvalue weighted by Crippen LogP contribution is 2.35. The Kier molecular flexibility index (Phi) is 8.13. The predicted molar refractivity (Wildman–Crippen MR) is 115 cm³/mol. The van der Waals surface area contributed by atoms with Gasteiger partial charge in [-0.3, -0.25) is 4.79 Å². The smallest absolute Gasteiger partial charge is 0.416 e. The maximum absolute atomic E-state index is 14.1. The minimum Gasteiger partial charge on any atom is -0.490 e. The van der Waals surface area contributed by atoms with E-state index in [4.69, 9.17) is 14.9 Å². The van der Waals surface area contributed by atoms with Gasteiger partial charge in [-0.2, -0.15) is 13.2 Å². The van der Waals surface area contributed by atoms with Gasteiger partial charge in [0.05, 0.1) is 18.3 Å². The van der Waals surface area contributed by atoms with Crippen LogP contribution in [0.3, 0.4) is 0 Å². The summed E-state index contributed by atoms with van der Waals surface area (Å²) in [5, 5.41) is 20.6. The molecule has 0 spiro atoms. The summed E-state index contributed by atoms with van der Waals surface area (Å²) >= 11 is 3.09. The molecule has 1 aromatic heterocycles. The van der Waals surface area contributed by atoms with E-state index in [1.807, 2.05) is 0 Å². The molecule has 2 atom stereocenters. The number of carbonyl (C=O) groups excluding carboxylic acids is 1. The average Bonchev–Trinajstić information content (AvgIpc) is 3.18. The molecule has 2 aromatic carbocycles. The molecule has 35 heavy (non-hydrogen) atoms. The Hall–Kier alpha value is -3.03. The van der Waals surface area contributed by atoms with Crippen molar-refractivity contribution in [2.45, 2.75) is 31.2 Å². The van der Waals surface area contributed by atoms with Gasteiger partial charge in [0.15, 0.2) is 22.3 Å². The number of nitrogens with zero attached hydrogens (tertiary/aromatic N) is 1. The molecule has 0 radical (unpaired) electrons. The van der Waals surface area contributed by atoms with Gasteiger partial charge in [0, 0.05) is 5.56 Å². The number of aliphatic hydroxyl groups excluding tert-OH is 2. The topological polar surface area (TPSA) is 119 Å². The molecule has 0 saturated carbocycles. The molecule has 4 N–H and O–H groups in total. The number of hydrogen-bond acceptors (Lipinski definition) is 6. The number of hydrogen-bond donors (Lipinski definition) is 3. The molecule has 3 rings (SSSR count). The number of primary amides is 1. The molecule has 2 unspecified atom stereocenters. The van der Waals surface area contributed by atoms with E-state index in [1.54, 1.807) is 0 Å². The van der Waals surface area contributed by atoms with Crippen LogP contribution in [0.15, 0.2) is 45.5 Å². The summed E-state index contributed by atoms with van der Waals surface area (Å²) in [6.07, 6.45) is -7.42. The number of carbonyl (C=O) groups is 1. The van der Waals surface area contributed by atoms with Crippen molar-refractivity contribution in [3.8, 4) is 17.0 Å². The quantitative estimate of drug-likeness (QED) is 0.255. The predicted octanol–water partition coefficient (Wildman–Crippen LogP) is 4.75. The number of ether oxygens (including phenoxy) is 1. The van der Waals surface area contributed by atoms with E-state index >= 15 is 0 Å². The van der Waals surface area contributed by atoms with Crippen molar-refractivity contribution < 1.29 is 46.1 Å². The first kappa shape index (κ1) is 26.6. The van der Waals surface area contributed by atoms with E-state index in [0.29, 0.717) is 0 Å². The molecular formula is C22H18BrF5N2O5. The molecule has 1 heterocycles. The molecule has 0 aliphatic heterocycles. The first-order valence-corrected chi connectivity index (χ1v) is 10.8.